The Kier molecular flexibility index (Phi) is 2.36. The molecule has 0 fully saturated rings. The smallest absolute Gasteiger partial charge is 0.151 e. The van der Waals surface area contributed by atoms with Gasteiger partial charge in [-0.1, -0.05) is 24.2 Å². The molecule has 0 aliphatic carbocycles. The van der Waals surface area contributed by atoms with Crippen molar-refractivity contribution in [2.75, 3.05) is 0 Å². The van der Waals surface area contributed by atoms with Gasteiger partial charge in [-0.05, 0) is 31.0 Å². The third-order valence-electron chi connectivity index (χ3n) is 2.39. The highest BCUT2D eigenvalue weighted by molar-refractivity contribution is 7.15. The minimum absolute atomic E-state index is 0.513. The molecule has 0 unspecified atom stereocenters. The Morgan fingerprint density at radius 1 is 1.40 bits per heavy atom. The van der Waals surface area contributed by atoms with Gasteiger partial charge in [0.2, 0.25) is 0 Å². The van der Waals surface area contributed by atoms with Gasteiger partial charge in [0.1, 0.15) is 0 Å². The fourth-order valence-electron chi connectivity index (χ4n) is 1.52. The van der Waals surface area contributed by atoms with Gasteiger partial charge >= 0.3 is 0 Å². The summed E-state index contributed by atoms with van der Waals surface area (Å²) in [7, 11) is 0. The first kappa shape index (κ1) is 8.86. The molecule has 0 aliphatic rings. The summed E-state index contributed by atoms with van der Waals surface area (Å²) in [4.78, 5) is 12.8. The van der Waals surface area contributed by atoms with E-state index < -0.39 is 0 Å². The maximum Gasteiger partial charge on any atom is 0.151 e. The molecule has 0 spiro atoms. The molecule has 0 radical (unpaired) electrons. The monoisotopic (exact) mass is 217 g/mol. The zero-order valence-electron chi connectivity index (χ0n) is 9.70. The van der Waals surface area contributed by atoms with Crippen molar-refractivity contribution in [2.45, 2.75) is 13.8 Å². The van der Waals surface area contributed by atoms with Crippen LogP contribution >= 0.6 is 11.3 Å². The number of benzene rings is 1. The molecule has 15 heavy (non-hydrogen) atoms. The highest BCUT2D eigenvalue weighted by Crippen LogP contribution is 2.32. The molecule has 1 nitrogen and oxygen atoms in total. The molecule has 1 aromatic heterocycles. The van der Waals surface area contributed by atoms with Gasteiger partial charge in [0.05, 0.1) is 1.37 Å². The molecule has 76 valence electrons. The van der Waals surface area contributed by atoms with Crippen LogP contribution in [0.2, 0.25) is 0 Å². The van der Waals surface area contributed by atoms with Crippen LogP contribution in [0.3, 0.4) is 0 Å². The van der Waals surface area contributed by atoms with E-state index in [2.05, 4.69) is 0 Å². The zero-order chi connectivity index (χ0) is 11.7. The van der Waals surface area contributed by atoms with Gasteiger partial charge in [0.15, 0.2) is 6.29 Å². The van der Waals surface area contributed by atoms with E-state index in [4.69, 9.17) is 1.37 Å². The van der Waals surface area contributed by atoms with Crippen LogP contribution in [0.25, 0.3) is 10.4 Å². The first-order valence-corrected chi connectivity index (χ1v) is 5.57. The molecule has 0 N–H and O–H groups in total. The second-order valence-corrected chi connectivity index (χ2v) is 4.72. The first-order valence-electron chi connectivity index (χ1n) is 5.25. The van der Waals surface area contributed by atoms with Gasteiger partial charge in [-0.15, -0.1) is 11.3 Å². The predicted octanol–water partition coefficient (Wildman–Crippen LogP) is 3.84. The molecular weight excluding hydrogens is 204 g/mol. The average molecular weight is 217 g/mol. The summed E-state index contributed by atoms with van der Waals surface area (Å²) in [6, 6.07) is 8.02. The van der Waals surface area contributed by atoms with Crippen LogP contribution in [0.4, 0.5) is 0 Å². The molecule has 0 aliphatic heterocycles. The van der Waals surface area contributed by atoms with E-state index in [0.29, 0.717) is 6.04 Å². The minimum atomic E-state index is 0.513. The van der Waals surface area contributed by atoms with E-state index in [1.54, 1.807) is 17.4 Å². The lowest BCUT2D eigenvalue weighted by Gasteiger charge is -2.00. The SMILES string of the molecule is [2H]c1cccc(C)c1-c1cc(C=O)c(C)s1. The van der Waals surface area contributed by atoms with E-state index in [-0.39, 0.29) is 0 Å². The lowest BCUT2D eigenvalue weighted by atomic mass is 10.1. The normalized spacial score (nSPS) is 11.2. The summed E-state index contributed by atoms with van der Waals surface area (Å²) in [5, 5.41) is 0. The van der Waals surface area contributed by atoms with Crippen LogP contribution in [0.15, 0.2) is 30.3 Å². The number of aryl methyl sites for hydroxylation is 2. The van der Waals surface area contributed by atoms with E-state index in [9.17, 15) is 4.79 Å². The van der Waals surface area contributed by atoms with Crippen LogP contribution in [0.1, 0.15) is 22.2 Å². The van der Waals surface area contributed by atoms with Crippen LogP contribution in [0.5, 0.6) is 0 Å². The Morgan fingerprint density at radius 3 is 2.80 bits per heavy atom. The number of carbonyl (C=O) groups excluding carboxylic acids is 1. The summed E-state index contributed by atoms with van der Waals surface area (Å²) < 4.78 is 7.90. The number of aldehydes is 1. The Morgan fingerprint density at radius 2 is 2.20 bits per heavy atom. The Labute approximate surface area is 94.8 Å². The zero-order valence-corrected chi connectivity index (χ0v) is 9.52. The van der Waals surface area contributed by atoms with Crippen LogP contribution in [-0.4, -0.2) is 6.29 Å². The molecule has 1 aromatic carbocycles. The van der Waals surface area contributed by atoms with E-state index in [0.717, 1.165) is 32.7 Å². The highest BCUT2D eigenvalue weighted by Gasteiger charge is 2.07. The van der Waals surface area contributed by atoms with Crippen LogP contribution in [0, 0.1) is 13.8 Å². The number of hydrogen-bond acceptors (Lipinski definition) is 2. The van der Waals surface area contributed by atoms with Gasteiger partial charge in [-0.3, -0.25) is 4.79 Å². The van der Waals surface area contributed by atoms with Gasteiger partial charge in [0, 0.05) is 15.3 Å². The fraction of sp³-hybridized carbons (Fsp3) is 0.154. The molecule has 0 saturated carbocycles. The van der Waals surface area contributed by atoms with Gasteiger partial charge in [-0.2, -0.15) is 0 Å². The van der Waals surface area contributed by atoms with Crippen molar-refractivity contribution in [3.63, 3.8) is 0 Å². The lowest BCUT2D eigenvalue weighted by Crippen LogP contribution is -1.78. The molecular formula is C13H12OS. The van der Waals surface area contributed by atoms with Crippen molar-refractivity contribution in [3.8, 4) is 10.4 Å². The Balaban J connectivity index is 2.63. The maximum absolute atomic E-state index is 10.8. The number of rotatable bonds is 2. The molecule has 0 bridgehead atoms. The maximum atomic E-state index is 10.8. The molecule has 2 aromatic rings. The molecule has 0 saturated heterocycles. The van der Waals surface area contributed by atoms with Gasteiger partial charge in [-0.25, -0.2) is 0 Å². The summed E-state index contributed by atoms with van der Waals surface area (Å²) in [5.74, 6) is 0. The Hall–Kier alpha value is -1.41. The molecule has 0 atom stereocenters. The quantitative estimate of drug-likeness (QED) is 0.698. The van der Waals surface area contributed by atoms with Crippen molar-refractivity contribution in [2.24, 2.45) is 0 Å². The summed E-state index contributed by atoms with van der Waals surface area (Å²) in [5.41, 5.74) is 2.73. The summed E-state index contributed by atoms with van der Waals surface area (Å²) in [6.07, 6.45) is 0.872. The van der Waals surface area contributed by atoms with Crippen molar-refractivity contribution in [1.29, 1.82) is 0 Å². The van der Waals surface area contributed by atoms with E-state index >= 15 is 0 Å². The highest BCUT2D eigenvalue weighted by atomic mass is 32.1. The molecule has 1 heterocycles. The second kappa shape index (κ2) is 3.99. The van der Waals surface area contributed by atoms with E-state index in [1.165, 1.54) is 0 Å². The topological polar surface area (TPSA) is 17.1 Å². The summed E-state index contributed by atoms with van der Waals surface area (Å²) >= 11 is 1.57. The van der Waals surface area contributed by atoms with Crippen molar-refractivity contribution >= 4 is 17.6 Å². The van der Waals surface area contributed by atoms with Crippen molar-refractivity contribution in [3.05, 3.63) is 46.3 Å². The van der Waals surface area contributed by atoms with Crippen LogP contribution in [-0.2, 0) is 0 Å². The summed E-state index contributed by atoms with van der Waals surface area (Å²) in [6.45, 7) is 3.92. The lowest BCUT2D eigenvalue weighted by molar-refractivity contribution is 0.112. The molecule has 2 rings (SSSR count). The van der Waals surface area contributed by atoms with Crippen LogP contribution < -0.4 is 0 Å². The fourth-order valence-corrected chi connectivity index (χ4v) is 2.59. The largest absolute Gasteiger partial charge is 0.298 e. The minimum Gasteiger partial charge on any atom is -0.298 e. The van der Waals surface area contributed by atoms with Gasteiger partial charge in [0.25, 0.3) is 0 Å². The predicted molar refractivity (Wildman–Crippen MR) is 64.6 cm³/mol. The Bertz CT molecular complexity index is 523. The average Bonchev–Trinajstić information content (AvgIpc) is 2.59. The molecule has 2 heteroatoms. The van der Waals surface area contributed by atoms with Crippen molar-refractivity contribution in [1.82, 2.24) is 0 Å². The number of carbonyl (C=O) groups is 1. The number of hydrogen-bond donors (Lipinski definition) is 0. The standard InChI is InChI=1S/C13H12OS/c1-9-5-3-4-6-12(9)13-7-11(8-14)10(2)15-13/h3-8H,1-2H3/i6D. The van der Waals surface area contributed by atoms with Crippen molar-refractivity contribution < 1.29 is 6.17 Å². The van der Waals surface area contributed by atoms with E-state index in [1.807, 2.05) is 32.0 Å². The third kappa shape index (κ3) is 1.85. The second-order valence-electron chi connectivity index (χ2n) is 3.47. The number of thiophene rings is 1. The third-order valence-corrected chi connectivity index (χ3v) is 3.48. The molecule has 0 amide bonds. The first-order chi connectivity index (χ1) is 7.63. The van der Waals surface area contributed by atoms with Gasteiger partial charge < -0.3 is 0 Å².